The summed E-state index contributed by atoms with van der Waals surface area (Å²) in [4.78, 5) is 19.8. The molecule has 1 fully saturated rings. The monoisotopic (exact) mass is 396 g/mol. The largest absolute Gasteiger partial charge is 0.357 e. The van der Waals surface area contributed by atoms with Crippen molar-refractivity contribution >= 4 is 21.5 Å². The van der Waals surface area contributed by atoms with E-state index in [1.165, 1.54) is 0 Å². The van der Waals surface area contributed by atoms with E-state index in [9.17, 15) is 9.00 Å². The van der Waals surface area contributed by atoms with Crippen molar-refractivity contribution in [3.8, 4) is 6.07 Å². The average molecular weight is 397 g/mol. The van der Waals surface area contributed by atoms with Crippen molar-refractivity contribution < 1.29 is 9.00 Å². The Bertz CT molecular complexity index is 992. The molecule has 3 rings (SSSR count). The van der Waals surface area contributed by atoms with Crippen molar-refractivity contribution in [3.63, 3.8) is 0 Å². The van der Waals surface area contributed by atoms with Gasteiger partial charge in [0.2, 0.25) is 0 Å². The zero-order valence-corrected chi connectivity index (χ0v) is 17.0. The van der Waals surface area contributed by atoms with Crippen LogP contribution >= 0.6 is 0 Å². The topological polar surface area (TPSA) is 86.4 Å². The predicted octanol–water partition coefficient (Wildman–Crippen LogP) is 3.55. The molecular weight excluding hydrogens is 372 g/mol. The molecule has 1 aromatic heterocycles. The normalized spacial score (nSPS) is 16.8. The van der Waals surface area contributed by atoms with Gasteiger partial charge in [-0.15, -0.1) is 0 Å². The first-order chi connectivity index (χ1) is 13.4. The molecule has 0 saturated carbocycles. The van der Waals surface area contributed by atoms with E-state index in [1.54, 1.807) is 31.3 Å². The zero-order valence-electron chi connectivity index (χ0n) is 16.2. The Labute approximate surface area is 166 Å². The third-order valence-corrected chi connectivity index (χ3v) is 7.33. The number of hydrogen-bond acceptors (Lipinski definition) is 5. The fourth-order valence-electron chi connectivity index (χ4n) is 3.25. The number of rotatable bonds is 4. The van der Waals surface area contributed by atoms with Gasteiger partial charge in [-0.3, -0.25) is 4.79 Å². The quantitative estimate of drug-likeness (QED) is 0.789. The van der Waals surface area contributed by atoms with E-state index in [2.05, 4.69) is 20.3 Å². The second-order valence-electron chi connectivity index (χ2n) is 6.95. The van der Waals surface area contributed by atoms with Crippen molar-refractivity contribution in [1.82, 2.24) is 4.98 Å². The molecule has 0 radical (unpaired) electrons. The van der Waals surface area contributed by atoms with E-state index in [1.807, 2.05) is 25.1 Å². The van der Waals surface area contributed by atoms with Crippen LogP contribution in [0.25, 0.3) is 0 Å². The summed E-state index contributed by atoms with van der Waals surface area (Å²) in [5, 5.41) is 8.87. The maximum atomic E-state index is 13.2. The predicted molar refractivity (Wildman–Crippen MR) is 109 cm³/mol. The number of benzene rings is 1. The van der Waals surface area contributed by atoms with E-state index < -0.39 is 9.73 Å². The fraction of sp³-hybridized carbons (Fsp3) is 0.381. The van der Waals surface area contributed by atoms with Crippen LogP contribution in [0.15, 0.2) is 51.9 Å². The molecular formula is C21H24N4O2S. The summed E-state index contributed by atoms with van der Waals surface area (Å²) >= 11 is 0. The molecule has 0 bridgehead atoms. The van der Waals surface area contributed by atoms with Gasteiger partial charge >= 0.3 is 0 Å². The number of anilines is 1. The lowest BCUT2D eigenvalue weighted by Gasteiger charge is -2.31. The van der Waals surface area contributed by atoms with Gasteiger partial charge < -0.3 is 4.90 Å². The number of piperidine rings is 1. The molecule has 1 amide bonds. The van der Waals surface area contributed by atoms with E-state index in [-0.39, 0.29) is 11.8 Å². The standard InChI is InChI=1S/C21H24N4O2S/c1-3-28(27,19-7-4-16(2)5-8-19)24-21(26)18-10-12-25(13-11-18)20-9-6-17(14-22)15-23-20/h4-9,15,18H,3,10-13H2,1-2H3. The number of aromatic nitrogens is 1. The number of hydrogen-bond donors (Lipinski definition) is 0. The average Bonchev–Trinajstić information content (AvgIpc) is 2.74. The molecule has 2 heterocycles. The van der Waals surface area contributed by atoms with E-state index in [4.69, 9.17) is 5.26 Å². The van der Waals surface area contributed by atoms with Gasteiger partial charge in [-0.25, -0.2) is 9.19 Å². The number of aryl methyl sites for hydroxylation is 1. The maximum absolute atomic E-state index is 13.2. The number of pyridine rings is 1. The maximum Gasteiger partial charge on any atom is 0.257 e. The number of carbonyl (C=O) groups is 1. The Morgan fingerprint density at radius 3 is 2.46 bits per heavy atom. The minimum absolute atomic E-state index is 0.215. The highest BCUT2D eigenvalue weighted by Gasteiger charge is 2.27. The summed E-state index contributed by atoms with van der Waals surface area (Å²) in [6, 6.07) is 13.0. The molecule has 6 nitrogen and oxygen atoms in total. The molecule has 2 aromatic rings. The first-order valence-electron chi connectivity index (χ1n) is 9.41. The minimum Gasteiger partial charge on any atom is -0.357 e. The van der Waals surface area contributed by atoms with E-state index in [0.717, 1.165) is 11.4 Å². The van der Waals surface area contributed by atoms with Crippen LogP contribution in [0.4, 0.5) is 5.82 Å². The van der Waals surface area contributed by atoms with Gasteiger partial charge in [0.25, 0.3) is 5.91 Å². The molecule has 146 valence electrons. The molecule has 1 atom stereocenters. The van der Waals surface area contributed by atoms with Gasteiger partial charge in [0.05, 0.1) is 15.3 Å². The Balaban J connectivity index is 1.70. The van der Waals surface area contributed by atoms with Crippen molar-refractivity contribution in [2.45, 2.75) is 31.6 Å². The van der Waals surface area contributed by atoms with E-state index in [0.29, 0.717) is 42.1 Å². The summed E-state index contributed by atoms with van der Waals surface area (Å²) in [5.74, 6) is 0.640. The number of nitriles is 1. The summed E-state index contributed by atoms with van der Waals surface area (Å²) in [6.07, 6.45) is 2.86. The molecule has 1 aromatic carbocycles. The molecule has 0 N–H and O–H groups in total. The Morgan fingerprint density at radius 1 is 1.25 bits per heavy atom. The third-order valence-electron chi connectivity index (χ3n) is 5.06. The van der Waals surface area contributed by atoms with Crippen molar-refractivity contribution in [2.24, 2.45) is 10.3 Å². The Kier molecular flexibility index (Phi) is 6.10. The Hall–Kier alpha value is -2.72. The van der Waals surface area contributed by atoms with Gasteiger partial charge in [0.15, 0.2) is 0 Å². The summed E-state index contributed by atoms with van der Waals surface area (Å²) in [6.45, 7) is 5.14. The lowest BCUT2D eigenvalue weighted by Crippen LogP contribution is -2.36. The van der Waals surface area contributed by atoms with E-state index >= 15 is 0 Å². The second-order valence-corrected chi connectivity index (χ2v) is 9.46. The van der Waals surface area contributed by atoms with Crippen LogP contribution in [-0.4, -0.2) is 33.9 Å². The minimum atomic E-state index is -2.73. The van der Waals surface area contributed by atoms with Gasteiger partial charge in [0, 0.05) is 35.9 Å². The van der Waals surface area contributed by atoms with Gasteiger partial charge in [-0.1, -0.05) is 24.6 Å². The van der Waals surface area contributed by atoms with Crippen molar-refractivity contribution in [3.05, 3.63) is 53.7 Å². The molecule has 28 heavy (non-hydrogen) atoms. The first kappa shape index (κ1) is 20.0. The number of nitrogens with zero attached hydrogens (tertiary/aromatic N) is 4. The Morgan fingerprint density at radius 2 is 1.93 bits per heavy atom. The molecule has 1 saturated heterocycles. The second kappa shape index (κ2) is 8.53. The molecule has 1 aliphatic rings. The van der Waals surface area contributed by atoms with Crippen molar-refractivity contribution in [1.29, 1.82) is 5.26 Å². The van der Waals surface area contributed by atoms with Gasteiger partial charge in [-0.2, -0.15) is 9.62 Å². The van der Waals surface area contributed by atoms with Crippen LogP contribution in [0.1, 0.15) is 30.9 Å². The molecule has 0 aliphatic carbocycles. The van der Waals surface area contributed by atoms with Crippen LogP contribution in [0.3, 0.4) is 0 Å². The highest BCUT2D eigenvalue weighted by atomic mass is 32.2. The van der Waals surface area contributed by atoms with Crippen molar-refractivity contribution in [2.75, 3.05) is 23.7 Å². The van der Waals surface area contributed by atoms with Gasteiger partial charge in [0.1, 0.15) is 11.9 Å². The number of amides is 1. The molecule has 0 spiro atoms. The summed E-state index contributed by atoms with van der Waals surface area (Å²) < 4.78 is 17.4. The third kappa shape index (κ3) is 4.39. The molecule has 1 aliphatic heterocycles. The van der Waals surface area contributed by atoms with Crippen LogP contribution in [0.2, 0.25) is 0 Å². The molecule has 1 unspecified atom stereocenters. The van der Waals surface area contributed by atoms with Gasteiger partial charge in [-0.05, 0) is 44.0 Å². The summed E-state index contributed by atoms with van der Waals surface area (Å²) in [5.41, 5.74) is 1.61. The fourth-order valence-corrected chi connectivity index (χ4v) is 4.82. The highest BCUT2D eigenvalue weighted by molar-refractivity contribution is 7.93. The lowest BCUT2D eigenvalue weighted by atomic mass is 9.96. The highest BCUT2D eigenvalue weighted by Crippen LogP contribution is 2.24. The molecule has 7 heteroatoms. The first-order valence-corrected chi connectivity index (χ1v) is 11.1. The van der Waals surface area contributed by atoms with Crippen LogP contribution in [0, 0.1) is 24.2 Å². The number of carbonyl (C=O) groups excluding carboxylic acids is 1. The zero-order chi connectivity index (χ0) is 20.1. The van der Waals surface area contributed by atoms with Crippen LogP contribution in [0.5, 0.6) is 0 Å². The lowest BCUT2D eigenvalue weighted by molar-refractivity contribution is -0.121. The van der Waals surface area contributed by atoms with Crippen LogP contribution in [-0.2, 0) is 14.5 Å². The van der Waals surface area contributed by atoms with Crippen LogP contribution < -0.4 is 4.90 Å². The summed E-state index contributed by atoms with van der Waals surface area (Å²) in [7, 11) is -2.73. The smallest absolute Gasteiger partial charge is 0.257 e. The SMILES string of the molecule is CCS(=O)(=NC(=O)C1CCN(c2ccc(C#N)cn2)CC1)c1ccc(C)cc1.